The van der Waals surface area contributed by atoms with Gasteiger partial charge >= 0.3 is 0 Å². The number of methoxy groups -OCH3 is 1. The molecule has 0 aliphatic carbocycles. The first-order valence-corrected chi connectivity index (χ1v) is 46.9. The lowest BCUT2D eigenvalue weighted by Gasteiger charge is -2.09. The summed E-state index contributed by atoms with van der Waals surface area (Å²) in [7, 11) is 1.64. The maximum absolute atomic E-state index is 5.55. The Hall–Kier alpha value is -1.76. The van der Waals surface area contributed by atoms with Gasteiger partial charge in [-0.25, -0.2) is 0 Å². The molecule has 44 heteroatoms. The standard InChI is InChI=1S/C87H177NO43/c1-89-4-5-91-8-9-93-12-13-95-16-17-97-20-21-99-24-25-101-28-29-103-32-33-105-36-37-107-40-41-109-44-45-111-48-49-113-52-53-115-56-57-117-60-61-119-64-65-121-68-69-123-72-73-125-76-77-127-80-81-129-84-85-131-87-86-130-83-82-128-79-78-126-75-74-124-71-70-122-67-66-120-63-62-118-59-58-116-55-54-114-51-50-112-47-46-110-43-42-108-39-38-106-35-34-104-31-30-102-27-26-100-23-22-98-19-18-96-15-14-94-11-10-92-7-6-90-3-2-88/h2-88H2,1H3. The fraction of sp³-hybridized carbons (Fsp3) is 1.00. The summed E-state index contributed by atoms with van der Waals surface area (Å²) in [6.07, 6.45) is 0. The maximum atomic E-state index is 5.55. The van der Waals surface area contributed by atoms with E-state index in [1.807, 2.05) is 0 Å². The van der Waals surface area contributed by atoms with Crippen LogP contribution in [0.2, 0.25) is 0 Å². The number of rotatable bonds is 128. The Balaban J connectivity index is 3.10. The van der Waals surface area contributed by atoms with Gasteiger partial charge in [-0.2, -0.15) is 0 Å². The number of ether oxygens (including phenoxy) is 43. The van der Waals surface area contributed by atoms with Gasteiger partial charge in [0.15, 0.2) is 0 Å². The molecule has 0 fully saturated rings. The Labute approximate surface area is 781 Å². The molecule has 0 saturated heterocycles. The summed E-state index contributed by atoms with van der Waals surface area (Å²) in [6.45, 7) is 42.1. The molecule has 2 N–H and O–H groups in total. The van der Waals surface area contributed by atoms with Crippen molar-refractivity contribution in [3.63, 3.8) is 0 Å². The van der Waals surface area contributed by atoms with Gasteiger partial charge in [-0.05, 0) is 0 Å². The smallest absolute Gasteiger partial charge is 0.0701 e. The highest BCUT2D eigenvalue weighted by atomic mass is 16.7. The molecule has 0 bridgehead atoms. The van der Waals surface area contributed by atoms with Crippen molar-refractivity contribution in [1.29, 1.82) is 0 Å². The molecule has 0 aromatic carbocycles. The van der Waals surface area contributed by atoms with Crippen LogP contribution in [0.15, 0.2) is 0 Å². The van der Waals surface area contributed by atoms with E-state index in [4.69, 9.17) is 209 Å². The van der Waals surface area contributed by atoms with Crippen molar-refractivity contribution in [2.45, 2.75) is 0 Å². The van der Waals surface area contributed by atoms with Crippen LogP contribution in [-0.4, -0.2) is 575 Å². The van der Waals surface area contributed by atoms with Gasteiger partial charge in [0.05, 0.1) is 562 Å². The number of nitrogens with two attached hydrogens (primary N) is 1. The van der Waals surface area contributed by atoms with Gasteiger partial charge in [0, 0.05) is 13.7 Å². The molecule has 0 aliphatic rings. The van der Waals surface area contributed by atoms with Crippen LogP contribution in [0.25, 0.3) is 0 Å². The van der Waals surface area contributed by atoms with Gasteiger partial charge in [0.2, 0.25) is 0 Å². The number of hydrogen-bond donors (Lipinski definition) is 1. The minimum absolute atomic E-state index is 0.473. The minimum atomic E-state index is 0.473. The van der Waals surface area contributed by atoms with Crippen molar-refractivity contribution in [2.75, 3.05) is 575 Å². The van der Waals surface area contributed by atoms with Crippen LogP contribution in [-0.2, 0) is 204 Å². The molecule has 0 unspecified atom stereocenters. The lowest BCUT2D eigenvalue weighted by Crippen LogP contribution is -2.16. The third kappa shape index (κ3) is 128. The van der Waals surface area contributed by atoms with E-state index in [2.05, 4.69) is 0 Å². The van der Waals surface area contributed by atoms with E-state index < -0.39 is 0 Å². The number of hydrogen-bond acceptors (Lipinski definition) is 44. The van der Waals surface area contributed by atoms with Crippen molar-refractivity contribution in [3.8, 4) is 0 Å². The van der Waals surface area contributed by atoms with Crippen molar-refractivity contribution >= 4 is 0 Å². The summed E-state index contributed by atoms with van der Waals surface area (Å²) in [5, 5.41) is 0. The zero-order chi connectivity index (χ0) is 93.2. The molecule has 0 rings (SSSR count). The topological polar surface area (TPSA) is 423 Å². The first-order chi connectivity index (χ1) is 65.4. The second-order valence-electron chi connectivity index (χ2n) is 26.5. The second-order valence-corrected chi connectivity index (χ2v) is 26.5. The third-order valence-corrected chi connectivity index (χ3v) is 15.9. The van der Waals surface area contributed by atoms with E-state index >= 15 is 0 Å². The molecule has 0 aromatic heterocycles. The Morgan fingerprint density at radius 3 is 0.168 bits per heavy atom. The zero-order valence-corrected chi connectivity index (χ0v) is 79.9. The molecule has 0 heterocycles. The van der Waals surface area contributed by atoms with Gasteiger partial charge in [-0.1, -0.05) is 0 Å². The SMILES string of the molecule is COCCOCCOCCOCCOCCOCCOCCOCCOCCOCCOCCOCCOCCOCCOCCOCCOCCOCCOCCOCCOCCOCCOCCOCCOCCOCCOCCOCCOCCOCCOCCOCCOCCOCCOCCOCCOCCOCCOCCOCCOCCOCCOCCN. The molecule has 44 nitrogen and oxygen atoms in total. The summed E-state index contributed by atoms with van der Waals surface area (Å²) >= 11 is 0. The Morgan fingerprint density at radius 1 is 0.0763 bits per heavy atom. The molecular weight excluding hydrogens is 1750 g/mol. The summed E-state index contributed by atoms with van der Waals surface area (Å²) in [5.41, 5.74) is 5.35. The van der Waals surface area contributed by atoms with Crippen molar-refractivity contribution in [2.24, 2.45) is 5.73 Å². The fourth-order valence-electron chi connectivity index (χ4n) is 9.34. The largest absolute Gasteiger partial charge is 0.382 e. The quantitative estimate of drug-likeness (QED) is 0.0800. The molecule has 0 saturated carbocycles. The van der Waals surface area contributed by atoms with Gasteiger partial charge in [0.1, 0.15) is 0 Å². The van der Waals surface area contributed by atoms with Crippen LogP contribution >= 0.6 is 0 Å². The van der Waals surface area contributed by atoms with E-state index in [0.717, 1.165) is 0 Å². The average molecular weight is 1930 g/mol. The van der Waals surface area contributed by atoms with Gasteiger partial charge < -0.3 is 209 Å². The summed E-state index contributed by atoms with van der Waals surface area (Å²) in [6, 6.07) is 0. The van der Waals surface area contributed by atoms with Crippen LogP contribution in [0, 0.1) is 0 Å². The Kier molecular flexibility index (Phi) is 127. The maximum Gasteiger partial charge on any atom is 0.0701 e. The first-order valence-electron chi connectivity index (χ1n) is 46.9. The molecule has 0 aromatic rings. The van der Waals surface area contributed by atoms with Crippen LogP contribution < -0.4 is 5.73 Å². The highest BCUT2D eigenvalue weighted by Gasteiger charge is 2.06. The predicted molar refractivity (Wildman–Crippen MR) is 475 cm³/mol. The van der Waals surface area contributed by atoms with Crippen molar-refractivity contribution < 1.29 is 204 Å². The molecule has 0 radical (unpaired) electrons. The molecule has 0 aliphatic heterocycles. The van der Waals surface area contributed by atoms with E-state index in [-0.39, 0.29) is 0 Å². The fourth-order valence-corrected chi connectivity index (χ4v) is 9.34. The molecule has 0 amide bonds. The van der Waals surface area contributed by atoms with Crippen LogP contribution in [0.4, 0.5) is 0 Å². The van der Waals surface area contributed by atoms with Crippen LogP contribution in [0.5, 0.6) is 0 Å². The van der Waals surface area contributed by atoms with E-state index in [9.17, 15) is 0 Å². The van der Waals surface area contributed by atoms with E-state index in [0.29, 0.717) is 568 Å². The van der Waals surface area contributed by atoms with Crippen molar-refractivity contribution in [1.82, 2.24) is 0 Å². The zero-order valence-electron chi connectivity index (χ0n) is 79.9. The summed E-state index contributed by atoms with van der Waals surface area (Å²) in [4.78, 5) is 0. The average Bonchev–Trinajstić information content (AvgIpc) is 1.22. The lowest BCUT2D eigenvalue weighted by atomic mass is 10.6. The third-order valence-electron chi connectivity index (χ3n) is 15.9. The summed E-state index contributed by atoms with van der Waals surface area (Å²) < 4.78 is 236. The minimum Gasteiger partial charge on any atom is -0.382 e. The second kappa shape index (κ2) is 128. The summed E-state index contributed by atoms with van der Waals surface area (Å²) in [5.74, 6) is 0. The normalized spacial score (nSPS) is 11.9. The van der Waals surface area contributed by atoms with Gasteiger partial charge in [-0.15, -0.1) is 0 Å². The van der Waals surface area contributed by atoms with Crippen LogP contribution in [0.3, 0.4) is 0 Å². The predicted octanol–water partition coefficient (Wildman–Crippen LogP) is 0.289. The highest BCUT2D eigenvalue weighted by Crippen LogP contribution is 1.97. The van der Waals surface area contributed by atoms with Crippen LogP contribution in [0.1, 0.15) is 0 Å². The van der Waals surface area contributed by atoms with Gasteiger partial charge in [-0.3, -0.25) is 0 Å². The van der Waals surface area contributed by atoms with E-state index in [1.54, 1.807) is 7.11 Å². The molecular formula is C87H177NO43. The highest BCUT2D eigenvalue weighted by molar-refractivity contribution is 4.48. The molecule has 0 atom stereocenters. The molecule has 131 heavy (non-hydrogen) atoms. The molecule has 0 spiro atoms. The van der Waals surface area contributed by atoms with Gasteiger partial charge in [0.25, 0.3) is 0 Å². The Bertz CT molecular complexity index is 1680. The van der Waals surface area contributed by atoms with E-state index in [1.165, 1.54) is 0 Å². The Morgan fingerprint density at radius 2 is 0.122 bits per heavy atom. The lowest BCUT2D eigenvalue weighted by molar-refractivity contribution is -0.0329. The first kappa shape index (κ1) is 129. The van der Waals surface area contributed by atoms with Crippen molar-refractivity contribution in [3.05, 3.63) is 0 Å². The monoisotopic (exact) mass is 1920 g/mol. The molecule has 788 valence electrons.